The Kier molecular flexibility index (Phi) is 6.67. The first-order valence-corrected chi connectivity index (χ1v) is 11.2. The van der Waals surface area contributed by atoms with E-state index in [0.29, 0.717) is 5.69 Å². The molecule has 0 unspecified atom stereocenters. The molecular weight excluding hydrogens is 418 g/mol. The van der Waals surface area contributed by atoms with Crippen LogP contribution < -0.4 is 10.1 Å². The molecule has 1 amide bonds. The van der Waals surface area contributed by atoms with Gasteiger partial charge < -0.3 is 10.1 Å². The summed E-state index contributed by atoms with van der Waals surface area (Å²) in [4.78, 5) is 19.6. The highest BCUT2D eigenvalue weighted by molar-refractivity contribution is 7.13. The number of nitrogens with one attached hydrogen (secondary N) is 1. The molecule has 7 heteroatoms. The van der Waals surface area contributed by atoms with Crippen molar-refractivity contribution >= 4 is 28.8 Å². The Bertz CT molecular complexity index is 980. The second-order valence-electron chi connectivity index (χ2n) is 7.42. The third-order valence-corrected chi connectivity index (χ3v) is 6.46. The van der Waals surface area contributed by atoms with E-state index in [2.05, 4.69) is 27.3 Å². The number of amides is 1. The van der Waals surface area contributed by atoms with Gasteiger partial charge >= 0.3 is 0 Å². The van der Waals surface area contributed by atoms with E-state index in [9.17, 15) is 4.79 Å². The molecule has 30 heavy (non-hydrogen) atoms. The lowest BCUT2D eigenvalue weighted by atomic mass is 10.0. The van der Waals surface area contributed by atoms with E-state index in [1.165, 1.54) is 16.9 Å². The van der Waals surface area contributed by atoms with Gasteiger partial charge in [-0.05, 0) is 54.8 Å². The molecule has 1 N–H and O–H groups in total. The second kappa shape index (κ2) is 9.60. The van der Waals surface area contributed by atoms with E-state index in [4.69, 9.17) is 16.3 Å². The fourth-order valence-electron chi connectivity index (χ4n) is 3.59. The first-order chi connectivity index (χ1) is 14.6. The number of thiazole rings is 1. The topological polar surface area (TPSA) is 54.5 Å². The normalized spacial score (nSPS) is 15.1. The Morgan fingerprint density at radius 1 is 1.17 bits per heavy atom. The molecular formula is C23H24ClN3O2S. The summed E-state index contributed by atoms with van der Waals surface area (Å²) in [6.45, 7) is 2.83. The number of likely N-dealkylation sites (tertiary alicyclic amines) is 1. The molecule has 0 bridgehead atoms. The molecule has 0 spiro atoms. The summed E-state index contributed by atoms with van der Waals surface area (Å²) in [5.74, 6) is 0.706. The van der Waals surface area contributed by atoms with Gasteiger partial charge in [0.2, 0.25) is 0 Å². The van der Waals surface area contributed by atoms with Crippen molar-refractivity contribution in [3.8, 4) is 16.3 Å². The number of carbonyl (C=O) groups excluding carboxylic acids is 1. The summed E-state index contributed by atoms with van der Waals surface area (Å²) in [5, 5.41) is 6.57. The highest BCUT2D eigenvalue weighted by Gasteiger charge is 2.22. The van der Waals surface area contributed by atoms with Crippen LogP contribution in [0.25, 0.3) is 10.6 Å². The largest absolute Gasteiger partial charge is 0.497 e. The van der Waals surface area contributed by atoms with Gasteiger partial charge in [-0.2, -0.15) is 0 Å². The monoisotopic (exact) mass is 441 g/mol. The van der Waals surface area contributed by atoms with Crippen LogP contribution in [0.15, 0.2) is 53.9 Å². The van der Waals surface area contributed by atoms with Gasteiger partial charge in [0.05, 0.1) is 7.11 Å². The van der Waals surface area contributed by atoms with Gasteiger partial charge in [0.25, 0.3) is 5.91 Å². The maximum absolute atomic E-state index is 12.6. The Hall–Kier alpha value is -2.41. The molecule has 1 aliphatic rings. The maximum atomic E-state index is 12.6. The SMILES string of the molecule is COc1ccc(-c2nc(C(=O)NC3CCN(Cc4ccc(Cl)cc4)CC3)cs2)cc1. The minimum atomic E-state index is -0.0952. The van der Waals surface area contributed by atoms with Gasteiger partial charge in [-0.15, -0.1) is 11.3 Å². The lowest BCUT2D eigenvalue weighted by Gasteiger charge is -2.32. The fourth-order valence-corrected chi connectivity index (χ4v) is 4.52. The molecule has 0 radical (unpaired) electrons. The van der Waals surface area contributed by atoms with Crippen molar-refractivity contribution in [2.24, 2.45) is 0 Å². The second-order valence-corrected chi connectivity index (χ2v) is 8.71. The molecule has 0 atom stereocenters. The average molecular weight is 442 g/mol. The van der Waals surface area contributed by atoms with E-state index in [1.807, 2.05) is 41.8 Å². The fraction of sp³-hybridized carbons (Fsp3) is 0.304. The average Bonchev–Trinajstić information content (AvgIpc) is 3.27. The highest BCUT2D eigenvalue weighted by atomic mass is 35.5. The highest BCUT2D eigenvalue weighted by Crippen LogP contribution is 2.26. The predicted octanol–water partition coefficient (Wildman–Crippen LogP) is 4.87. The van der Waals surface area contributed by atoms with Crippen LogP contribution in [0, 0.1) is 0 Å². The van der Waals surface area contributed by atoms with Crippen LogP contribution in [0.3, 0.4) is 0 Å². The van der Waals surface area contributed by atoms with Gasteiger partial charge in [0.15, 0.2) is 0 Å². The van der Waals surface area contributed by atoms with E-state index in [0.717, 1.165) is 53.8 Å². The molecule has 1 aliphatic heterocycles. The molecule has 1 saturated heterocycles. The van der Waals surface area contributed by atoms with Crippen LogP contribution >= 0.6 is 22.9 Å². The molecule has 0 saturated carbocycles. The lowest BCUT2D eigenvalue weighted by Crippen LogP contribution is -2.44. The van der Waals surface area contributed by atoms with Crippen LogP contribution in [-0.2, 0) is 6.54 Å². The van der Waals surface area contributed by atoms with Gasteiger partial charge in [-0.1, -0.05) is 23.7 Å². The number of benzene rings is 2. The Balaban J connectivity index is 1.28. The Morgan fingerprint density at radius 3 is 2.53 bits per heavy atom. The van der Waals surface area contributed by atoms with Crippen LogP contribution in [0.1, 0.15) is 28.9 Å². The van der Waals surface area contributed by atoms with Crippen molar-refractivity contribution in [1.29, 1.82) is 0 Å². The third kappa shape index (κ3) is 5.19. The van der Waals surface area contributed by atoms with E-state index in [-0.39, 0.29) is 11.9 Å². The zero-order valence-electron chi connectivity index (χ0n) is 16.8. The predicted molar refractivity (Wildman–Crippen MR) is 121 cm³/mol. The van der Waals surface area contributed by atoms with Crippen molar-refractivity contribution in [2.75, 3.05) is 20.2 Å². The number of piperidine rings is 1. The van der Waals surface area contributed by atoms with Crippen LogP contribution in [0.2, 0.25) is 5.02 Å². The van der Waals surface area contributed by atoms with Crippen molar-refractivity contribution < 1.29 is 9.53 Å². The smallest absolute Gasteiger partial charge is 0.270 e. The first kappa shape index (κ1) is 20.8. The maximum Gasteiger partial charge on any atom is 0.270 e. The number of rotatable bonds is 6. The number of carbonyl (C=O) groups is 1. The Morgan fingerprint density at radius 2 is 1.87 bits per heavy atom. The standard InChI is InChI=1S/C23H24ClN3O2S/c1-29-20-8-4-17(5-9-20)23-26-21(15-30-23)22(28)25-19-10-12-27(13-11-19)14-16-2-6-18(24)7-3-16/h2-9,15,19H,10-14H2,1H3,(H,25,28). The number of aromatic nitrogens is 1. The van der Waals surface area contributed by atoms with Crippen molar-refractivity contribution in [2.45, 2.75) is 25.4 Å². The van der Waals surface area contributed by atoms with Gasteiger partial charge in [0, 0.05) is 41.6 Å². The number of hydrogen-bond acceptors (Lipinski definition) is 5. The molecule has 1 fully saturated rings. The number of nitrogens with zero attached hydrogens (tertiary/aromatic N) is 2. The van der Waals surface area contributed by atoms with Crippen LogP contribution in [-0.4, -0.2) is 42.0 Å². The van der Waals surface area contributed by atoms with Gasteiger partial charge in [-0.3, -0.25) is 9.69 Å². The summed E-state index contributed by atoms with van der Waals surface area (Å²) >= 11 is 7.44. The molecule has 4 rings (SSSR count). The Labute approximate surface area is 185 Å². The van der Waals surface area contributed by atoms with Crippen molar-refractivity contribution in [1.82, 2.24) is 15.2 Å². The first-order valence-electron chi connectivity index (χ1n) is 9.98. The third-order valence-electron chi connectivity index (χ3n) is 5.32. The van der Waals surface area contributed by atoms with Crippen LogP contribution in [0.5, 0.6) is 5.75 Å². The molecule has 2 aromatic carbocycles. The minimum Gasteiger partial charge on any atom is -0.497 e. The van der Waals surface area contributed by atoms with E-state index < -0.39 is 0 Å². The van der Waals surface area contributed by atoms with Crippen LogP contribution in [0.4, 0.5) is 0 Å². The number of ether oxygens (including phenoxy) is 1. The minimum absolute atomic E-state index is 0.0952. The number of hydrogen-bond donors (Lipinski definition) is 1. The van der Waals surface area contributed by atoms with Gasteiger partial charge in [-0.25, -0.2) is 4.98 Å². The molecule has 156 valence electrons. The zero-order chi connectivity index (χ0) is 20.9. The number of methoxy groups -OCH3 is 1. The van der Waals surface area contributed by atoms with Crippen molar-refractivity contribution in [3.63, 3.8) is 0 Å². The quantitative estimate of drug-likeness (QED) is 0.593. The molecule has 1 aromatic heterocycles. The van der Waals surface area contributed by atoms with E-state index in [1.54, 1.807) is 7.11 Å². The van der Waals surface area contributed by atoms with Crippen molar-refractivity contribution in [3.05, 3.63) is 70.2 Å². The zero-order valence-corrected chi connectivity index (χ0v) is 18.4. The van der Waals surface area contributed by atoms with E-state index >= 15 is 0 Å². The van der Waals surface area contributed by atoms with Gasteiger partial charge in [0.1, 0.15) is 16.5 Å². The molecule has 0 aliphatic carbocycles. The molecule has 3 aromatic rings. The summed E-state index contributed by atoms with van der Waals surface area (Å²) in [6, 6.07) is 15.9. The summed E-state index contributed by atoms with van der Waals surface area (Å²) in [7, 11) is 1.64. The lowest BCUT2D eigenvalue weighted by molar-refractivity contribution is 0.0904. The number of halogens is 1. The summed E-state index contributed by atoms with van der Waals surface area (Å²) in [6.07, 6.45) is 1.88. The summed E-state index contributed by atoms with van der Waals surface area (Å²) in [5.41, 5.74) is 2.72. The summed E-state index contributed by atoms with van der Waals surface area (Å²) < 4.78 is 5.19. The molecule has 5 nitrogen and oxygen atoms in total. The molecule has 2 heterocycles.